The van der Waals surface area contributed by atoms with Crippen LogP contribution in [0.25, 0.3) is 11.2 Å². The first kappa shape index (κ1) is 9.64. The molecule has 84 valence electrons. The number of rotatable bonds is 3. The molecular formula is C10H8N6O. The summed E-state index contributed by atoms with van der Waals surface area (Å²) in [6.07, 6.45) is 6.49. The molecule has 3 aromatic rings. The van der Waals surface area contributed by atoms with E-state index in [4.69, 9.17) is 4.74 Å². The summed E-state index contributed by atoms with van der Waals surface area (Å²) in [5, 5.41) is 0. The van der Waals surface area contributed by atoms with Crippen LogP contribution in [0, 0.1) is 0 Å². The number of nitrogens with zero attached hydrogens (tertiary/aromatic N) is 5. The van der Waals surface area contributed by atoms with Crippen LogP contribution >= 0.6 is 0 Å². The second-order valence-corrected chi connectivity index (χ2v) is 3.25. The minimum absolute atomic E-state index is 0.233. The van der Waals surface area contributed by atoms with Gasteiger partial charge in [-0.15, -0.1) is 0 Å². The Balaban J connectivity index is 1.76. The van der Waals surface area contributed by atoms with Crippen LogP contribution in [0.2, 0.25) is 0 Å². The largest absolute Gasteiger partial charge is 0.455 e. The van der Waals surface area contributed by atoms with E-state index in [0.717, 1.165) is 5.52 Å². The standard InChI is InChI=1S/C10H8N6O/c1-2-11-8(12-3-1)5-17-10-13-4-7-9(16-10)15-6-14-7/h1-4,6H,5H2,(H,13,14,15,16). The Morgan fingerprint density at radius 3 is 2.88 bits per heavy atom. The average Bonchev–Trinajstić information content (AvgIpc) is 2.85. The van der Waals surface area contributed by atoms with Crippen LogP contribution in [0.15, 0.2) is 31.0 Å². The Labute approximate surface area is 96.0 Å². The molecular weight excluding hydrogens is 220 g/mol. The molecule has 1 N–H and O–H groups in total. The Kier molecular flexibility index (Phi) is 2.34. The van der Waals surface area contributed by atoms with Gasteiger partial charge in [-0.25, -0.2) is 19.9 Å². The fourth-order valence-corrected chi connectivity index (χ4v) is 1.32. The van der Waals surface area contributed by atoms with E-state index in [2.05, 4.69) is 29.9 Å². The maximum Gasteiger partial charge on any atom is 0.318 e. The van der Waals surface area contributed by atoms with Gasteiger partial charge in [-0.2, -0.15) is 4.98 Å². The number of fused-ring (bicyclic) bond motifs is 1. The summed E-state index contributed by atoms with van der Waals surface area (Å²) in [5.74, 6) is 0.582. The minimum Gasteiger partial charge on any atom is -0.455 e. The SMILES string of the molecule is c1cnc(COc2ncc3[nH]cnc3n2)nc1. The van der Waals surface area contributed by atoms with Crippen LogP contribution in [-0.2, 0) is 6.61 Å². The number of hydrogen-bond donors (Lipinski definition) is 1. The van der Waals surface area contributed by atoms with Crippen LogP contribution in [0.5, 0.6) is 6.01 Å². The highest BCUT2D eigenvalue weighted by atomic mass is 16.5. The minimum atomic E-state index is 0.233. The topological polar surface area (TPSA) is 89.5 Å². The second kappa shape index (κ2) is 4.12. The van der Waals surface area contributed by atoms with Crippen LogP contribution < -0.4 is 4.74 Å². The number of imidazole rings is 1. The van der Waals surface area contributed by atoms with Crippen molar-refractivity contribution in [3.05, 3.63) is 36.8 Å². The van der Waals surface area contributed by atoms with E-state index in [0.29, 0.717) is 11.5 Å². The van der Waals surface area contributed by atoms with E-state index in [1.54, 1.807) is 31.0 Å². The predicted molar refractivity (Wildman–Crippen MR) is 58.0 cm³/mol. The maximum absolute atomic E-state index is 5.37. The summed E-state index contributed by atoms with van der Waals surface area (Å²) in [5.41, 5.74) is 1.34. The third-order valence-corrected chi connectivity index (χ3v) is 2.10. The van der Waals surface area contributed by atoms with Gasteiger partial charge in [0.15, 0.2) is 18.1 Å². The zero-order chi connectivity index (χ0) is 11.5. The van der Waals surface area contributed by atoms with Crippen LogP contribution in [0.3, 0.4) is 0 Å². The Hall–Kier alpha value is -2.57. The number of nitrogens with one attached hydrogen (secondary N) is 1. The monoisotopic (exact) mass is 228 g/mol. The van der Waals surface area contributed by atoms with Crippen molar-refractivity contribution in [3.8, 4) is 6.01 Å². The third kappa shape index (κ3) is 2.03. The van der Waals surface area contributed by atoms with Gasteiger partial charge in [0.2, 0.25) is 0 Å². The molecule has 3 rings (SSSR count). The van der Waals surface area contributed by atoms with Gasteiger partial charge in [0.1, 0.15) is 5.52 Å². The number of aromatic amines is 1. The second-order valence-electron chi connectivity index (χ2n) is 3.25. The van der Waals surface area contributed by atoms with Gasteiger partial charge in [-0.3, -0.25) is 0 Å². The zero-order valence-corrected chi connectivity index (χ0v) is 8.74. The number of ether oxygens (including phenoxy) is 1. The van der Waals surface area contributed by atoms with E-state index in [1.807, 2.05) is 0 Å². The van der Waals surface area contributed by atoms with Crippen LogP contribution in [0.1, 0.15) is 5.82 Å². The molecule has 0 spiro atoms. The summed E-state index contributed by atoms with van der Waals surface area (Å²) in [6, 6.07) is 2.01. The lowest BCUT2D eigenvalue weighted by Crippen LogP contribution is -2.02. The highest BCUT2D eigenvalue weighted by Crippen LogP contribution is 2.09. The summed E-state index contributed by atoms with van der Waals surface area (Å²) < 4.78 is 5.37. The van der Waals surface area contributed by atoms with Gasteiger partial charge in [0, 0.05) is 12.4 Å². The van der Waals surface area contributed by atoms with Crippen molar-refractivity contribution in [3.63, 3.8) is 0 Å². The van der Waals surface area contributed by atoms with Crippen molar-refractivity contribution in [1.82, 2.24) is 29.9 Å². The number of hydrogen-bond acceptors (Lipinski definition) is 6. The van der Waals surface area contributed by atoms with Gasteiger partial charge < -0.3 is 9.72 Å². The molecule has 7 heteroatoms. The van der Waals surface area contributed by atoms with Crippen molar-refractivity contribution in [2.24, 2.45) is 0 Å². The molecule has 0 saturated heterocycles. The molecule has 0 bridgehead atoms. The first-order valence-electron chi connectivity index (χ1n) is 4.96. The maximum atomic E-state index is 5.37. The van der Waals surface area contributed by atoms with E-state index in [-0.39, 0.29) is 12.6 Å². The highest BCUT2D eigenvalue weighted by molar-refractivity contribution is 5.68. The van der Waals surface area contributed by atoms with Crippen LogP contribution in [0.4, 0.5) is 0 Å². The molecule has 0 unspecified atom stereocenters. The summed E-state index contributed by atoms with van der Waals surface area (Å²) in [6.45, 7) is 0.233. The quantitative estimate of drug-likeness (QED) is 0.710. The molecule has 3 aromatic heterocycles. The highest BCUT2D eigenvalue weighted by Gasteiger charge is 2.03. The first-order chi connectivity index (χ1) is 8.42. The molecule has 3 heterocycles. The smallest absolute Gasteiger partial charge is 0.318 e. The van der Waals surface area contributed by atoms with E-state index >= 15 is 0 Å². The number of aromatic nitrogens is 6. The van der Waals surface area contributed by atoms with Gasteiger partial charge in [0.25, 0.3) is 0 Å². The Bertz CT molecular complexity index is 623. The molecule has 0 amide bonds. The van der Waals surface area contributed by atoms with Gasteiger partial charge >= 0.3 is 6.01 Å². The molecule has 7 nitrogen and oxygen atoms in total. The number of H-pyrrole nitrogens is 1. The summed E-state index contributed by atoms with van der Waals surface area (Å²) in [7, 11) is 0. The summed E-state index contributed by atoms with van der Waals surface area (Å²) >= 11 is 0. The normalized spacial score (nSPS) is 10.6. The molecule has 0 saturated carbocycles. The lowest BCUT2D eigenvalue weighted by Gasteiger charge is -2.01. The Morgan fingerprint density at radius 1 is 1.12 bits per heavy atom. The van der Waals surface area contributed by atoms with Crippen molar-refractivity contribution in [2.75, 3.05) is 0 Å². The van der Waals surface area contributed by atoms with Crippen molar-refractivity contribution in [2.45, 2.75) is 6.61 Å². The van der Waals surface area contributed by atoms with Crippen LogP contribution in [-0.4, -0.2) is 29.9 Å². The van der Waals surface area contributed by atoms with Crippen molar-refractivity contribution < 1.29 is 4.74 Å². The fraction of sp³-hybridized carbons (Fsp3) is 0.100. The molecule has 0 aliphatic heterocycles. The molecule has 0 atom stereocenters. The van der Waals surface area contributed by atoms with Gasteiger partial charge in [0.05, 0.1) is 12.5 Å². The predicted octanol–water partition coefficient (Wildman–Crippen LogP) is 0.722. The molecule has 0 aromatic carbocycles. The lowest BCUT2D eigenvalue weighted by atomic mass is 10.5. The molecule has 0 aliphatic carbocycles. The molecule has 0 aliphatic rings. The first-order valence-corrected chi connectivity index (χ1v) is 4.96. The molecule has 17 heavy (non-hydrogen) atoms. The van der Waals surface area contributed by atoms with Crippen molar-refractivity contribution in [1.29, 1.82) is 0 Å². The van der Waals surface area contributed by atoms with Crippen molar-refractivity contribution >= 4 is 11.2 Å². The molecule has 0 radical (unpaired) electrons. The fourth-order valence-electron chi connectivity index (χ4n) is 1.32. The average molecular weight is 228 g/mol. The third-order valence-electron chi connectivity index (χ3n) is 2.10. The molecule has 0 fully saturated rings. The van der Waals surface area contributed by atoms with Gasteiger partial charge in [-0.05, 0) is 6.07 Å². The Morgan fingerprint density at radius 2 is 2.00 bits per heavy atom. The van der Waals surface area contributed by atoms with E-state index < -0.39 is 0 Å². The summed E-state index contributed by atoms with van der Waals surface area (Å²) in [4.78, 5) is 23.1. The van der Waals surface area contributed by atoms with E-state index in [9.17, 15) is 0 Å². The van der Waals surface area contributed by atoms with Gasteiger partial charge in [-0.1, -0.05) is 0 Å². The van der Waals surface area contributed by atoms with E-state index in [1.165, 1.54) is 0 Å². The lowest BCUT2D eigenvalue weighted by molar-refractivity contribution is 0.272. The zero-order valence-electron chi connectivity index (χ0n) is 8.74.